The molecule has 2 heterocycles. The Morgan fingerprint density at radius 2 is 1.92 bits per heavy atom. The van der Waals surface area contributed by atoms with Crippen molar-refractivity contribution in [2.45, 2.75) is 26.2 Å². The number of amides is 1. The first kappa shape index (κ1) is 16.6. The quantitative estimate of drug-likeness (QED) is 0.811. The van der Waals surface area contributed by atoms with E-state index in [0.717, 1.165) is 16.5 Å². The number of ether oxygens (including phenoxy) is 1. The van der Waals surface area contributed by atoms with Crippen molar-refractivity contribution in [3.63, 3.8) is 0 Å². The molecule has 1 aromatic heterocycles. The van der Waals surface area contributed by atoms with E-state index in [2.05, 4.69) is 16.7 Å². The van der Waals surface area contributed by atoms with Gasteiger partial charge in [0.2, 0.25) is 5.91 Å². The van der Waals surface area contributed by atoms with Gasteiger partial charge < -0.3 is 14.2 Å². The predicted octanol–water partition coefficient (Wildman–Crippen LogP) is 2.52. The second-order valence-corrected chi connectivity index (χ2v) is 6.37. The van der Waals surface area contributed by atoms with Crippen molar-refractivity contribution in [3.8, 4) is 0 Å². The molecule has 1 aliphatic heterocycles. The van der Waals surface area contributed by atoms with E-state index in [4.69, 9.17) is 4.74 Å². The van der Waals surface area contributed by atoms with Crippen LogP contribution in [0.4, 0.5) is 0 Å². The number of aryl methyl sites for hydroxylation is 1. The number of likely N-dealkylation sites (tertiary alicyclic amines) is 1. The lowest BCUT2D eigenvalue weighted by molar-refractivity contribution is -0.151. The van der Waals surface area contributed by atoms with E-state index in [9.17, 15) is 9.59 Å². The van der Waals surface area contributed by atoms with Crippen molar-refractivity contribution in [3.05, 3.63) is 36.0 Å². The zero-order chi connectivity index (χ0) is 17.1. The number of aromatic nitrogens is 1. The summed E-state index contributed by atoms with van der Waals surface area (Å²) in [7, 11) is 2.00. The third-order valence-corrected chi connectivity index (χ3v) is 4.79. The van der Waals surface area contributed by atoms with Crippen molar-refractivity contribution in [1.82, 2.24) is 9.47 Å². The normalized spacial score (nSPS) is 15.7. The number of piperidine rings is 1. The minimum atomic E-state index is -0.126. The highest BCUT2D eigenvalue weighted by molar-refractivity contribution is 5.89. The Morgan fingerprint density at radius 1 is 1.21 bits per heavy atom. The molecular weight excluding hydrogens is 304 g/mol. The molecule has 0 atom stereocenters. The standard InChI is InChI=1S/C19H24N2O3/c1-3-24-19(23)14-8-10-21(11-9-14)18(22)12-15-13-20(2)17-7-5-4-6-16(15)17/h4-7,13-14H,3,8-12H2,1-2H3. The van der Waals surface area contributed by atoms with Gasteiger partial charge >= 0.3 is 5.97 Å². The lowest BCUT2D eigenvalue weighted by Gasteiger charge is -2.31. The van der Waals surface area contributed by atoms with Gasteiger partial charge in [0, 0.05) is 37.2 Å². The van der Waals surface area contributed by atoms with Gasteiger partial charge in [-0.15, -0.1) is 0 Å². The molecule has 1 fully saturated rings. The van der Waals surface area contributed by atoms with Crippen LogP contribution in [-0.4, -0.2) is 41.0 Å². The summed E-state index contributed by atoms with van der Waals surface area (Å²) in [5.41, 5.74) is 2.20. The van der Waals surface area contributed by atoms with Crippen LogP contribution in [0, 0.1) is 5.92 Å². The SMILES string of the molecule is CCOC(=O)C1CCN(C(=O)Cc2cn(C)c3ccccc23)CC1. The molecule has 0 spiro atoms. The maximum absolute atomic E-state index is 12.6. The average Bonchev–Trinajstić information content (AvgIpc) is 2.91. The van der Waals surface area contributed by atoms with E-state index >= 15 is 0 Å². The van der Waals surface area contributed by atoms with Crippen LogP contribution in [0.25, 0.3) is 10.9 Å². The van der Waals surface area contributed by atoms with E-state index in [1.54, 1.807) is 0 Å². The predicted molar refractivity (Wildman–Crippen MR) is 92.6 cm³/mol. The van der Waals surface area contributed by atoms with Gasteiger partial charge in [0.15, 0.2) is 0 Å². The summed E-state index contributed by atoms with van der Waals surface area (Å²) in [6.45, 7) is 3.50. The minimum Gasteiger partial charge on any atom is -0.466 e. The van der Waals surface area contributed by atoms with Crippen LogP contribution in [0.2, 0.25) is 0 Å². The molecule has 1 aliphatic rings. The van der Waals surface area contributed by atoms with Crippen LogP contribution in [0.1, 0.15) is 25.3 Å². The Hall–Kier alpha value is -2.30. The third-order valence-electron chi connectivity index (χ3n) is 4.79. The summed E-state index contributed by atoms with van der Waals surface area (Å²) in [5.74, 6) is -0.0566. The highest BCUT2D eigenvalue weighted by Crippen LogP contribution is 2.23. The van der Waals surface area contributed by atoms with Crippen molar-refractivity contribution in [2.24, 2.45) is 13.0 Å². The molecule has 5 nitrogen and oxygen atoms in total. The smallest absolute Gasteiger partial charge is 0.309 e. The molecular formula is C19H24N2O3. The van der Waals surface area contributed by atoms with E-state index in [1.807, 2.05) is 37.2 Å². The van der Waals surface area contributed by atoms with Gasteiger partial charge in [-0.1, -0.05) is 18.2 Å². The number of nitrogens with zero attached hydrogens (tertiary/aromatic N) is 2. The zero-order valence-electron chi connectivity index (χ0n) is 14.3. The van der Waals surface area contributed by atoms with Crippen LogP contribution >= 0.6 is 0 Å². The van der Waals surface area contributed by atoms with Crippen LogP contribution in [0.5, 0.6) is 0 Å². The maximum atomic E-state index is 12.6. The molecule has 0 bridgehead atoms. The number of rotatable bonds is 4. The number of carbonyl (C=O) groups excluding carboxylic acids is 2. The Morgan fingerprint density at radius 3 is 2.62 bits per heavy atom. The molecule has 3 rings (SSSR count). The Bertz CT molecular complexity index is 742. The summed E-state index contributed by atoms with van der Waals surface area (Å²) in [5, 5.41) is 1.13. The number of fused-ring (bicyclic) bond motifs is 1. The molecule has 0 unspecified atom stereocenters. The highest BCUT2D eigenvalue weighted by Gasteiger charge is 2.28. The molecule has 0 N–H and O–H groups in total. The molecule has 0 aliphatic carbocycles. The molecule has 1 saturated heterocycles. The molecule has 128 valence electrons. The first-order chi connectivity index (χ1) is 11.6. The van der Waals surface area contributed by atoms with Crippen molar-refractivity contribution in [1.29, 1.82) is 0 Å². The second kappa shape index (κ2) is 7.07. The van der Waals surface area contributed by atoms with Gasteiger partial charge in [-0.25, -0.2) is 0 Å². The molecule has 2 aromatic rings. The van der Waals surface area contributed by atoms with Gasteiger partial charge in [-0.2, -0.15) is 0 Å². The van der Waals surface area contributed by atoms with Gasteiger partial charge in [-0.3, -0.25) is 9.59 Å². The van der Waals surface area contributed by atoms with Crippen molar-refractivity contribution in [2.75, 3.05) is 19.7 Å². The maximum Gasteiger partial charge on any atom is 0.309 e. The summed E-state index contributed by atoms with van der Waals surface area (Å²) >= 11 is 0. The summed E-state index contributed by atoms with van der Waals surface area (Å²) in [6.07, 6.45) is 3.83. The van der Waals surface area contributed by atoms with E-state index < -0.39 is 0 Å². The molecule has 24 heavy (non-hydrogen) atoms. The van der Waals surface area contributed by atoms with Crippen molar-refractivity contribution < 1.29 is 14.3 Å². The second-order valence-electron chi connectivity index (χ2n) is 6.37. The fourth-order valence-corrected chi connectivity index (χ4v) is 3.47. The zero-order valence-corrected chi connectivity index (χ0v) is 14.3. The lowest BCUT2D eigenvalue weighted by atomic mass is 9.96. The van der Waals surface area contributed by atoms with Crippen molar-refractivity contribution >= 4 is 22.8 Å². The number of para-hydroxylation sites is 1. The fraction of sp³-hybridized carbons (Fsp3) is 0.474. The Kier molecular flexibility index (Phi) is 4.88. The number of hydrogen-bond donors (Lipinski definition) is 0. The number of hydrogen-bond acceptors (Lipinski definition) is 3. The Balaban J connectivity index is 1.63. The van der Waals surface area contributed by atoms with Gasteiger partial charge in [0.1, 0.15) is 0 Å². The van der Waals surface area contributed by atoms with Crippen LogP contribution in [-0.2, 0) is 27.8 Å². The minimum absolute atomic E-state index is 0.0634. The number of esters is 1. The third kappa shape index (κ3) is 3.30. The number of benzene rings is 1. The van der Waals surface area contributed by atoms with E-state index in [-0.39, 0.29) is 17.8 Å². The summed E-state index contributed by atoms with van der Waals surface area (Å²) < 4.78 is 7.14. The van der Waals surface area contributed by atoms with Gasteiger partial charge in [-0.05, 0) is 31.4 Å². The average molecular weight is 328 g/mol. The van der Waals surface area contributed by atoms with Gasteiger partial charge in [0.25, 0.3) is 0 Å². The molecule has 0 saturated carbocycles. The van der Waals surface area contributed by atoms with Crippen LogP contribution in [0.3, 0.4) is 0 Å². The first-order valence-corrected chi connectivity index (χ1v) is 8.57. The largest absolute Gasteiger partial charge is 0.466 e. The molecule has 1 aromatic carbocycles. The van der Waals surface area contributed by atoms with Crippen LogP contribution < -0.4 is 0 Å². The fourth-order valence-electron chi connectivity index (χ4n) is 3.47. The van der Waals surface area contributed by atoms with E-state index in [0.29, 0.717) is 39.0 Å². The number of carbonyl (C=O) groups is 2. The molecule has 1 amide bonds. The molecule has 5 heteroatoms. The molecule has 0 radical (unpaired) electrons. The highest BCUT2D eigenvalue weighted by atomic mass is 16.5. The summed E-state index contributed by atoms with van der Waals surface area (Å²) in [4.78, 5) is 26.3. The first-order valence-electron chi connectivity index (χ1n) is 8.57. The van der Waals surface area contributed by atoms with E-state index in [1.165, 1.54) is 0 Å². The van der Waals surface area contributed by atoms with Crippen LogP contribution in [0.15, 0.2) is 30.5 Å². The van der Waals surface area contributed by atoms with Gasteiger partial charge in [0.05, 0.1) is 18.9 Å². The summed E-state index contributed by atoms with van der Waals surface area (Å²) in [6, 6.07) is 8.13. The lowest BCUT2D eigenvalue weighted by Crippen LogP contribution is -2.41. The monoisotopic (exact) mass is 328 g/mol. The topological polar surface area (TPSA) is 51.5 Å². The Labute approximate surface area is 142 Å².